The van der Waals surface area contributed by atoms with Crippen LogP contribution in [-0.4, -0.2) is 0 Å². The molecule has 0 bridgehead atoms. The molecule has 2 aromatic rings. The molecule has 0 spiro atoms. The summed E-state index contributed by atoms with van der Waals surface area (Å²) in [5.74, 6) is 0. The van der Waals surface area contributed by atoms with Crippen molar-refractivity contribution >= 4 is 86.5 Å². The van der Waals surface area contributed by atoms with Crippen LogP contribution < -0.4 is 0 Å². The van der Waals surface area contributed by atoms with E-state index in [1.54, 1.807) is 11.3 Å². The monoisotopic (exact) mass is 422 g/mol. The van der Waals surface area contributed by atoms with Crippen LogP contribution in [0.3, 0.4) is 0 Å². The first kappa shape index (κ1) is 8.93. The van der Waals surface area contributed by atoms with E-state index in [9.17, 15) is 0 Å². The van der Waals surface area contributed by atoms with E-state index in [1.807, 2.05) is 11.3 Å². The Kier molecular flexibility index (Phi) is 2.64. The number of hydrogen-bond acceptors (Lipinski definition) is 2. The van der Waals surface area contributed by atoms with E-state index in [0.29, 0.717) is 0 Å². The predicted molar refractivity (Wildman–Crippen MR) is 67.8 cm³/mol. The summed E-state index contributed by atoms with van der Waals surface area (Å²) >= 11 is 13.0. The number of rotatable bonds is 0. The minimum atomic E-state index is 1.20. The Morgan fingerprint density at radius 1 is 1.36 bits per heavy atom. The first-order chi connectivity index (χ1) is 5.20. The fourth-order valence-electron chi connectivity index (χ4n) is 0.815. The molecule has 0 N–H and O–H groups in total. The number of halogens is 3. The van der Waals surface area contributed by atoms with E-state index in [-0.39, 0.29) is 0 Å². The van der Waals surface area contributed by atoms with Gasteiger partial charge in [-0.2, -0.15) is 0 Å². The highest BCUT2D eigenvalue weighted by molar-refractivity contribution is 14.1. The number of thiophene rings is 2. The van der Waals surface area contributed by atoms with Crippen molar-refractivity contribution in [2.75, 3.05) is 0 Å². The van der Waals surface area contributed by atoms with Gasteiger partial charge in [0.2, 0.25) is 0 Å². The SMILES string of the molecule is Brc1csc2sc(I)c(Br)c12. The fraction of sp³-hybridized carbons (Fsp3) is 0. The molecule has 2 heterocycles. The third-order valence-electron chi connectivity index (χ3n) is 1.29. The zero-order chi connectivity index (χ0) is 8.01. The van der Waals surface area contributed by atoms with E-state index >= 15 is 0 Å². The Morgan fingerprint density at radius 3 is 2.73 bits per heavy atom. The van der Waals surface area contributed by atoms with Gasteiger partial charge in [0.05, 0.1) is 11.4 Å². The van der Waals surface area contributed by atoms with Gasteiger partial charge in [0.15, 0.2) is 0 Å². The second kappa shape index (κ2) is 3.25. The van der Waals surface area contributed by atoms with Crippen molar-refractivity contribution in [3.05, 3.63) is 17.2 Å². The third kappa shape index (κ3) is 1.43. The lowest BCUT2D eigenvalue weighted by atomic mass is 10.4. The molecule has 11 heavy (non-hydrogen) atoms. The quantitative estimate of drug-likeness (QED) is 0.517. The minimum Gasteiger partial charge on any atom is -0.132 e. The Morgan fingerprint density at radius 2 is 2.09 bits per heavy atom. The van der Waals surface area contributed by atoms with Gasteiger partial charge in [-0.25, -0.2) is 0 Å². The molecule has 5 heteroatoms. The van der Waals surface area contributed by atoms with Crippen molar-refractivity contribution in [2.45, 2.75) is 0 Å². The van der Waals surface area contributed by atoms with Crippen molar-refractivity contribution in [2.24, 2.45) is 0 Å². The van der Waals surface area contributed by atoms with Gasteiger partial charge in [0.1, 0.15) is 0 Å². The van der Waals surface area contributed by atoms with Gasteiger partial charge < -0.3 is 0 Å². The summed E-state index contributed by atoms with van der Waals surface area (Å²) in [6.07, 6.45) is 0. The maximum absolute atomic E-state index is 3.56. The normalized spacial score (nSPS) is 11.2. The highest BCUT2D eigenvalue weighted by Gasteiger charge is 2.11. The van der Waals surface area contributed by atoms with Crippen LogP contribution in [0.15, 0.2) is 14.3 Å². The minimum absolute atomic E-state index is 1.20. The van der Waals surface area contributed by atoms with E-state index in [1.165, 1.54) is 21.2 Å². The van der Waals surface area contributed by atoms with Crippen LogP contribution >= 0.6 is 77.1 Å². The zero-order valence-corrected chi connectivity index (χ0v) is 12.0. The molecule has 2 aromatic heterocycles. The van der Waals surface area contributed by atoms with Crippen LogP contribution in [0.4, 0.5) is 0 Å². The maximum atomic E-state index is 3.56. The van der Waals surface area contributed by atoms with Gasteiger partial charge in [0, 0.05) is 15.2 Å². The highest BCUT2D eigenvalue weighted by Crippen LogP contribution is 2.43. The summed E-state index contributed by atoms with van der Waals surface area (Å²) in [5, 5.41) is 3.45. The van der Waals surface area contributed by atoms with Gasteiger partial charge in [-0.05, 0) is 54.5 Å². The molecule has 0 aliphatic rings. The second-order valence-electron chi connectivity index (χ2n) is 1.94. The lowest BCUT2D eigenvalue weighted by molar-refractivity contribution is 1.88. The Labute approximate surface area is 102 Å². The van der Waals surface area contributed by atoms with Crippen LogP contribution in [0, 0.1) is 2.88 Å². The van der Waals surface area contributed by atoms with Crippen molar-refractivity contribution in [1.29, 1.82) is 0 Å². The molecule has 0 saturated heterocycles. The van der Waals surface area contributed by atoms with E-state index in [0.717, 1.165) is 0 Å². The highest BCUT2D eigenvalue weighted by atomic mass is 127. The largest absolute Gasteiger partial charge is 0.132 e. The van der Waals surface area contributed by atoms with Crippen molar-refractivity contribution < 1.29 is 0 Å². The van der Waals surface area contributed by atoms with Crippen molar-refractivity contribution in [1.82, 2.24) is 0 Å². The smallest absolute Gasteiger partial charge is 0.0899 e. The topological polar surface area (TPSA) is 0 Å². The van der Waals surface area contributed by atoms with E-state index in [2.05, 4.69) is 59.8 Å². The summed E-state index contributed by atoms with van der Waals surface area (Å²) in [5.41, 5.74) is 0. The molecule has 2 rings (SSSR count). The maximum Gasteiger partial charge on any atom is 0.0899 e. The molecule has 0 unspecified atom stereocenters. The standard InChI is InChI=1S/C6HBr2IS2/c7-2-1-10-6-3(2)4(8)5(9)11-6/h1H. The summed E-state index contributed by atoms with van der Waals surface area (Å²) in [7, 11) is 0. The predicted octanol–water partition coefficient (Wildman–Crippen LogP) is 5.09. The molecular formula is C6HBr2IS2. The van der Waals surface area contributed by atoms with Gasteiger partial charge >= 0.3 is 0 Å². The summed E-state index contributed by atoms with van der Waals surface area (Å²) < 4.78 is 5.13. The van der Waals surface area contributed by atoms with Crippen LogP contribution in [0.1, 0.15) is 0 Å². The summed E-state index contributed by atoms with van der Waals surface area (Å²) in [6.45, 7) is 0. The molecule has 0 fully saturated rings. The molecular weight excluding hydrogens is 423 g/mol. The molecule has 0 aliphatic heterocycles. The first-order valence-corrected chi connectivity index (χ1v) is 7.06. The number of hydrogen-bond donors (Lipinski definition) is 0. The van der Waals surface area contributed by atoms with Gasteiger partial charge in [-0.3, -0.25) is 0 Å². The summed E-state index contributed by atoms with van der Waals surface area (Å²) in [6, 6.07) is 0. The molecule has 0 aliphatic carbocycles. The van der Waals surface area contributed by atoms with Gasteiger partial charge in [-0.15, -0.1) is 22.7 Å². The Hall–Kier alpha value is 1.35. The second-order valence-corrected chi connectivity index (χ2v) is 7.55. The molecule has 0 saturated carbocycles. The average Bonchev–Trinajstić information content (AvgIpc) is 2.41. The molecule has 0 radical (unpaired) electrons. The third-order valence-corrected chi connectivity index (χ3v) is 7.30. The van der Waals surface area contributed by atoms with Crippen molar-refractivity contribution in [3.8, 4) is 0 Å². The average molecular weight is 424 g/mol. The van der Waals surface area contributed by atoms with Crippen LogP contribution in [0.5, 0.6) is 0 Å². The molecule has 0 nitrogen and oxygen atoms in total. The molecule has 0 aromatic carbocycles. The van der Waals surface area contributed by atoms with Crippen LogP contribution in [0.2, 0.25) is 0 Å². The van der Waals surface area contributed by atoms with Crippen LogP contribution in [0.25, 0.3) is 9.40 Å². The van der Waals surface area contributed by atoms with Gasteiger partial charge in [0.25, 0.3) is 0 Å². The molecule has 0 atom stereocenters. The zero-order valence-electron chi connectivity index (χ0n) is 5.03. The Bertz CT molecular complexity index is 404. The Balaban J connectivity index is 2.95. The summed E-state index contributed by atoms with van der Waals surface area (Å²) in [4.78, 5) is 0. The molecule has 58 valence electrons. The van der Waals surface area contributed by atoms with E-state index in [4.69, 9.17) is 0 Å². The van der Waals surface area contributed by atoms with Gasteiger partial charge in [-0.1, -0.05) is 0 Å². The van der Waals surface area contributed by atoms with Crippen LogP contribution in [-0.2, 0) is 0 Å². The lowest BCUT2D eigenvalue weighted by Crippen LogP contribution is -1.59. The fourth-order valence-corrected chi connectivity index (χ4v) is 6.23. The lowest BCUT2D eigenvalue weighted by Gasteiger charge is -1.84. The number of fused-ring (bicyclic) bond motifs is 1. The molecule has 0 amide bonds. The van der Waals surface area contributed by atoms with E-state index < -0.39 is 0 Å². The first-order valence-electron chi connectivity index (χ1n) is 2.70. The van der Waals surface area contributed by atoms with Crippen molar-refractivity contribution in [3.63, 3.8) is 0 Å².